The van der Waals surface area contributed by atoms with Gasteiger partial charge in [-0.2, -0.15) is 0 Å². The maximum atomic E-state index is 12.8. The van der Waals surface area contributed by atoms with Crippen molar-refractivity contribution in [3.63, 3.8) is 0 Å². The average Bonchev–Trinajstić information content (AvgIpc) is 2.68. The summed E-state index contributed by atoms with van der Waals surface area (Å²) < 4.78 is 5.32. The van der Waals surface area contributed by atoms with Gasteiger partial charge in [0.05, 0.1) is 12.3 Å². The molecule has 134 valence electrons. The van der Waals surface area contributed by atoms with E-state index in [1.54, 1.807) is 13.0 Å². The Bertz CT molecular complexity index is 1240. The van der Waals surface area contributed by atoms with Gasteiger partial charge in [-0.15, -0.1) is 0 Å². The van der Waals surface area contributed by atoms with Crippen molar-refractivity contribution in [2.45, 2.75) is 13.5 Å². The van der Waals surface area contributed by atoms with Crippen LogP contribution in [0.5, 0.6) is 0 Å². The van der Waals surface area contributed by atoms with E-state index < -0.39 is 11.5 Å². The van der Waals surface area contributed by atoms with Gasteiger partial charge < -0.3 is 14.8 Å². The van der Waals surface area contributed by atoms with E-state index in [0.717, 1.165) is 10.8 Å². The standard InChI is InChI=1S/C21H16N2O4/c1-12-19-16(14(11-24)10-22-12)9-17(21(26)27-19)20(25)23-18-8-4-6-13-5-2-3-7-15(13)18/h2-10,24H,11H2,1H3,(H,23,25). The third-order valence-corrected chi connectivity index (χ3v) is 4.49. The van der Waals surface area contributed by atoms with Crippen LogP contribution in [0, 0.1) is 6.92 Å². The summed E-state index contributed by atoms with van der Waals surface area (Å²) in [6.45, 7) is 1.42. The second-order valence-electron chi connectivity index (χ2n) is 6.20. The maximum absolute atomic E-state index is 12.8. The first kappa shape index (κ1) is 16.9. The molecule has 27 heavy (non-hydrogen) atoms. The molecule has 0 aliphatic heterocycles. The van der Waals surface area contributed by atoms with Gasteiger partial charge in [-0.1, -0.05) is 36.4 Å². The molecule has 0 bridgehead atoms. The largest absolute Gasteiger partial charge is 0.420 e. The highest BCUT2D eigenvalue weighted by Crippen LogP contribution is 2.24. The van der Waals surface area contributed by atoms with E-state index in [0.29, 0.717) is 22.3 Å². The Hall–Kier alpha value is -3.51. The maximum Gasteiger partial charge on any atom is 0.349 e. The number of amides is 1. The van der Waals surface area contributed by atoms with Crippen molar-refractivity contribution in [2.24, 2.45) is 0 Å². The number of carbonyl (C=O) groups is 1. The van der Waals surface area contributed by atoms with Crippen LogP contribution in [0.15, 0.2) is 63.9 Å². The molecular weight excluding hydrogens is 344 g/mol. The number of carbonyl (C=O) groups excluding carboxylic acids is 1. The van der Waals surface area contributed by atoms with Crippen LogP contribution in [0.1, 0.15) is 21.6 Å². The summed E-state index contributed by atoms with van der Waals surface area (Å²) in [5.74, 6) is -0.569. The van der Waals surface area contributed by atoms with Crippen LogP contribution in [0.2, 0.25) is 0 Å². The third kappa shape index (κ3) is 2.96. The molecule has 2 N–H and O–H groups in total. The van der Waals surface area contributed by atoms with E-state index in [2.05, 4.69) is 10.3 Å². The number of aliphatic hydroxyl groups excluding tert-OH is 1. The highest BCUT2D eigenvalue weighted by Gasteiger charge is 2.17. The molecule has 0 atom stereocenters. The molecule has 6 nitrogen and oxygen atoms in total. The molecule has 0 aliphatic carbocycles. The van der Waals surface area contributed by atoms with E-state index in [1.165, 1.54) is 12.3 Å². The lowest BCUT2D eigenvalue weighted by atomic mass is 10.1. The average molecular weight is 360 g/mol. The summed E-state index contributed by atoms with van der Waals surface area (Å²) in [6, 6.07) is 14.6. The Balaban J connectivity index is 1.81. The van der Waals surface area contributed by atoms with Crippen molar-refractivity contribution >= 4 is 33.3 Å². The lowest BCUT2D eigenvalue weighted by Gasteiger charge is -2.10. The predicted octanol–water partition coefficient (Wildman–Crippen LogP) is 3.39. The number of benzene rings is 2. The lowest BCUT2D eigenvalue weighted by molar-refractivity contribution is 0.102. The number of hydrogen-bond donors (Lipinski definition) is 2. The number of aryl methyl sites for hydroxylation is 1. The van der Waals surface area contributed by atoms with Crippen LogP contribution in [-0.4, -0.2) is 16.0 Å². The van der Waals surface area contributed by atoms with E-state index in [9.17, 15) is 14.7 Å². The van der Waals surface area contributed by atoms with E-state index in [4.69, 9.17) is 4.42 Å². The molecule has 4 rings (SSSR count). The van der Waals surface area contributed by atoms with E-state index >= 15 is 0 Å². The third-order valence-electron chi connectivity index (χ3n) is 4.49. The van der Waals surface area contributed by atoms with Gasteiger partial charge in [-0.05, 0) is 24.4 Å². The molecule has 0 spiro atoms. The molecule has 0 radical (unpaired) electrons. The number of pyridine rings is 1. The van der Waals surface area contributed by atoms with Gasteiger partial charge in [0, 0.05) is 28.2 Å². The number of hydrogen-bond acceptors (Lipinski definition) is 5. The van der Waals surface area contributed by atoms with Crippen LogP contribution >= 0.6 is 0 Å². The van der Waals surface area contributed by atoms with Crippen LogP contribution < -0.4 is 10.9 Å². The number of fused-ring (bicyclic) bond motifs is 2. The van der Waals surface area contributed by atoms with Gasteiger partial charge in [0.1, 0.15) is 5.56 Å². The van der Waals surface area contributed by atoms with Crippen molar-refractivity contribution < 1.29 is 14.3 Å². The molecule has 0 aliphatic rings. The van der Waals surface area contributed by atoms with Crippen LogP contribution in [0.3, 0.4) is 0 Å². The highest BCUT2D eigenvalue weighted by atomic mass is 16.4. The summed E-state index contributed by atoms with van der Waals surface area (Å²) in [6.07, 6.45) is 1.50. The van der Waals surface area contributed by atoms with Gasteiger partial charge in [0.15, 0.2) is 5.58 Å². The topological polar surface area (TPSA) is 92.4 Å². The summed E-state index contributed by atoms with van der Waals surface area (Å²) in [5.41, 5.74) is 0.994. The first-order chi connectivity index (χ1) is 13.1. The fourth-order valence-electron chi connectivity index (χ4n) is 3.09. The van der Waals surface area contributed by atoms with Crippen molar-refractivity contribution in [2.75, 3.05) is 5.32 Å². The smallest absolute Gasteiger partial charge is 0.349 e. The molecule has 4 aromatic rings. The molecule has 0 unspecified atom stereocenters. The Morgan fingerprint density at radius 2 is 1.93 bits per heavy atom. The number of aliphatic hydroxyl groups is 1. The predicted molar refractivity (Wildman–Crippen MR) is 103 cm³/mol. The molecule has 1 amide bonds. The molecule has 6 heteroatoms. The molecule has 0 saturated carbocycles. The van der Waals surface area contributed by atoms with Gasteiger partial charge in [-0.3, -0.25) is 9.78 Å². The zero-order valence-electron chi connectivity index (χ0n) is 14.5. The fourth-order valence-corrected chi connectivity index (χ4v) is 3.09. The van der Waals surface area contributed by atoms with Gasteiger partial charge in [0.25, 0.3) is 5.91 Å². The summed E-state index contributed by atoms with van der Waals surface area (Å²) in [4.78, 5) is 29.2. The number of nitrogens with zero attached hydrogens (tertiary/aromatic N) is 1. The molecule has 0 fully saturated rings. The fraction of sp³-hybridized carbons (Fsp3) is 0.0952. The van der Waals surface area contributed by atoms with Crippen molar-refractivity contribution in [1.82, 2.24) is 4.98 Å². The first-order valence-electron chi connectivity index (χ1n) is 8.41. The quantitative estimate of drug-likeness (QED) is 0.584. The van der Waals surface area contributed by atoms with Crippen LogP contribution in [-0.2, 0) is 6.61 Å². The number of anilines is 1. The molecule has 2 aromatic heterocycles. The van der Waals surface area contributed by atoms with Gasteiger partial charge >= 0.3 is 5.63 Å². The normalized spacial score (nSPS) is 11.0. The van der Waals surface area contributed by atoms with Crippen molar-refractivity contribution in [3.8, 4) is 0 Å². The van der Waals surface area contributed by atoms with E-state index in [-0.39, 0.29) is 17.8 Å². The first-order valence-corrected chi connectivity index (χ1v) is 8.41. The lowest BCUT2D eigenvalue weighted by Crippen LogP contribution is -2.21. The second kappa shape index (κ2) is 6.66. The van der Waals surface area contributed by atoms with Crippen molar-refractivity contribution in [1.29, 1.82) is 0 Å². The zero-order valence-corrected chi connectivity index (χ0v) is 14.5. The molecule has 2 aromatic carbocycles. The van der Waals surface area contributed by atoms with Crippen LogP contribution in [0.4, 0.5) is 5.69 Å². The monoisotopic (exact) mass is 360 g/mol. The molecule has 0 saturated heterocycles. The molecule has 2 heterocycles. The minimum atomic E-state index is -0.750. The number of aromatic nitrogens is 1. The Morgan fingerprint density at radius 1 is 1.15 bits per heavy atom. The minimum Gasteiger partial charge on any atom is -0.420 e. The Morgan fingerprint density at radius 3 is 2.74 bits per heavy atom. The second-order valence-corrected chi connectivity index (χ2v) is 6.20. The van der Waals surface area contributed by atoms with Gasteiger partial charge in [-0.25, -0.2) is 4.79 Å². The highest BCUT2D eigenvalue weighted by molar-refractivity contribution is 6.10. The summed E-state index contributed by atoms with van der Waals surface area (Å²) in [7, 11) is 0. The molecular formula is C21H16N2O4. The Labute approximate surface area is 154 Å². The number of nitrogens with one attached hydrogen (secondary N) is 1. The van der Waals surface area contributed by atoms with E-state index in [1.807, 2.05) is 36.4 Å². The van der Waals surface area contributed by atoms with Gasteiger partial charge in [0.2, 0.25) is 0 Å². The Kier molecular flexibility index (Phi) is 4.18. The summed E-state index contributed by atoms with van der Waals surface area (Å²) in [5, 5.41) is 14.6. The summed E-state index contributed by atoms with van der Waals surface area (Å²) >= 11 is 0. The SMILES string of the molecule is Cc1ncc(CO)c2cc(C(=O)Nc3cccc4ccccc34)c(=O)oc12. The number of rotatable bonds is 3. The minimum absolute atomic E-state index is 0.129. The van der Waals surface area contributed by atoms with Crippen LogP contribution in [0.25, 0.3) is 21.7 Å². The van der Waals surface area contributed by atoms with Crippen molar-refractivity contribution in [3.05, 3.63) is 82.0 Å². The zero-order chi connectivity index (χ0) is 19.0.